The fraction of sp³-hybridized carbons (Fsp3) is 0.500. The van der Waals surface area contributed by atoms with Crippen LogP contribution < -0.4 is 15.8 Å². The van der Waals surface area contributed by atoms with Gasteiger partial charge in [0.2, 0.25) is 5.91 Å². The third-order valence-electron chi connectivity index (χ3n) is 3.15. The molecular weight excluding hydrogens is 264 g/mol. The van der Waals surface area contributed by atoms with E-state index in [1.165, 1.54) is 5.56 Å². The lowest BCUT2D eigenvalue weighted by Gasteiger charge is -2.17. The predicted octanol–water partition coefficient (Wildman–Crippen LogP) is 1.79. The molecule has 0 saturated heterocycles. The van der Waals surface area contributed by atoms with Crippen LogP contribution in [0.15, 0.2) is 24.3 Å². The molecular formula is C14H21ClN2O2. The zero-order chi connectivity index (χ0) is 13.2. The van der Waals surface area contributed by atoms with Crippen molar-refractivity contribution < 1.29 is 9.53 Å². The first-order valence-corrected chi connectivity index (χ1v) is 6.30. The highest BCUT2D eigenvalue weighted by molar-refractivity contribution is 5.88. The van der Waals surface area contributed by atoms with Crippen LogP contribution in [0, 0.1) is 6.92 Å². The Morgan fingerprint density at radius 3 is 2.53 bits per heavy atom. The Kier molecular flexibility index (Phi) is 5.20. The number of nitrogens with two attached hydrogens (primary N) is 1. The van der Waals surface area contributed by atoms with Gasteiger partial charge in [0.15, 0.2) is 0 Å². The molecule has 1 saturated carbocycles. The second kappa shape index (κ2) is 6.26. The summed E-state index contributed by atoms with van der Waals surface area (Å²) in [5.41, 5.74) is 6.38. The number of rotatable bonds is 5. The van der Waals surface area contributed by atoms with E-state index >= 15 is 0 Å². The molecule has 106 valence electrons. The molecule has 1 atom stereocenters. The van der Waals surface area contributed by atoms with Gasteiger partial charge in [-0.25, -0.2) is 0 Å². The van der Waals surface area contributed by atoms with Crippen LogP contribution in [0.5, 0.6) is 5.75 Å². The molecule has 1 unspecified atom stereocenters. The second-order valence-electron chi connectivity index (χ2n) is 5.11. The normalized spacial score (nSPS) is 17.0. The van der Waals surface area contributed by atoms with Gasteiger partial charge in [-0.15, -0.1) is 12.4 Å². The summed E-state index contributed by atoms with van der Waals surface area (Å²) in [4.78, 5) is 11.6. The smallest absolute Gasteiger partial charge is 0.240 e. The maximum atomic E-state index is 11.6. The van der Waals surface area contributed by atoms with Crippen LogP contribution >= 0.6 is 12.4 Å². The number of carbonyl (C=O) groups is 1. The molecule has 0 aromatic heterocycles. The van der Waals surface area contributed by atoms with Gasteiger partial charge in [0, 0.05) is 0 Å². The number of ether oxygens (including phenoxy) is 1. The molecule has 19 heavy (non-hydrogen) atoms. The number of amides is 1. The van der Waals surface area contributed by atoms with Crippen molar-refractivity contribution in [3.8, 4) is 5.75 Å². The minimum absolute atomic E-state index is 0. The monoisotopic (exact) mass is 284 g/mol. The van der Waals surface area contributed by atoms with E-state index in [4.69, 9.17) is 10.5 Å². The molecule has 1 aromatic rings. The highest BCUT2D eigenvalue weighted by Gasteiger charge is 2.45. The minimum Gasteiger partial charge on any atom is -0.489 e. The van der Waals surface area contributed by atoms with Crippen molar-refractivity contribution in [1.29, 1.82) is 0 Å². The third kappa shape index (κ3) is 4.40. The maximum absolute atomic E-state index is 11.6. The van der Waals surface area contributed by atoms with Crippen molar-refractivity contribution in [3.05, 3.63) is 29.8 Å². The summed E-state index contributed by atoms with van der Waals surface area (Å²) in [6, 6.07) is 7.86. The Morgan fingerprint density at radius 1 is 1.42 bits per heavy atom. The highest BCUT2D eigenvalue weighted by Crippen LogP contribution is 2.32. The Labute approximate surface area is 120 Å². The van der Waals surface area contributed by atoms with Crippen LogP contribution in [0.25, 0.3) is 0 Å². The molecule has 0 spiro atoms. The molecule has 0 radical (unpaired) electrons. The van der Waals surface area contributed by atoms with Gasteiger partial charge < -0.3 is 15.8 Å². The summed E-state index contributed by atoms with van der Waals surface area (Å²) in [5, 5.41) is 2.83. The zero-order valence-electron chi connectivity index (χ0n) is 11.3. The van der Waals surface area contributed by atoms with Crippen LogP contribution in [0.3, 0.4) is 0 Å². The number of nitrogens with one attached hydrogen (secondary N) is 1. The first-order chi connectivity index (χ1) is 8.49. The second-order valence-corrected chi connectivity index (χ2v) is 5.11. The third-order valence-corrected chi connectivity index (χ3v) is 3.15. The summed E-state index contributed by atoms with van der Waals surface area (Å²) in [6.45, 7) is 4.44. The standard InChI is InChI=1S/C14H20N2O2.ClH/c1-10-3-5-12(6-4-10)18-11(2)9-16-13(17)14(15)7-8-14;/h3-6,11H,7-9,15H2,1-2H3,(H,16,17);1H. The Morgan fingerprint density at radius 2 is 2.00 bits per heavy atom. The molecule has 5 heteroatoms. The average molecular weight is 285 g/mol. The van der Waals surface area contributed by atoms with Gasteiger partial charge in [0.05, 0.1) is 12.1 Å². The summed E-state index contributed by atoms with van der Waals surface area (Å²) < 4.78 is 5.70. The van der Waals surface area contributed by atoms with Crippen LogP contribution in [0.2, 0.25) is 0 Å². The van der Waals surface area contributed by atoms with E-state index in [0.29, 0.717) is 6.54 Å². The van der Waals surface area contributed by atoms with Crippen molar-refractivity contribution in [3.63, 3.8) is 0 Å². The van der Waals surface area contributed by atoms with Gasteiger partial charge in [-0.2, -0.15) is 0 Å². The van der Waals surface area contributed by atoms with Crippen molar-refractivity contribution in [2.45, 2.75) is 38.3 Å². The van der Waals surface area contributed by atoms with Crippen molar-refractivity contribution >= 4 is 18.3 Å². The molecule has 1 fully saturated rings. The number of carbonyl (C=O) groups excluding carboxylic acids is 1. The lowest BCUT2D eigenvalue weighted by molar-refractivity contribution is -0.123. The Hall–Kier alpha value is -1.26. The highest BCUT2D eigenvalue weighted by atomic mass is 35.5. The SMILES string of the molecule is Cc1ccc(OC(C)CNC(=O)C2(N)CC2)cc1.Cl. The van der Waals surface area contributed by atoms with Crippen LogP contribution in [-0.2, 0) is 4.79 Å². The first kappa shape index (κ1) is 15.8. The summed E-state index contributed by atoms with van der Waals surface area (Å²) >= 11 is 0. The molecule has 4 nitrogen and oxygen atoms in total. The van der Waals surface area contributed by atoms with Gasteiger partial charge in [-0.05, 0) is 38.8 Å². The molecule has 0 aliphatic heterocycles. The van der Waals surface area contributed by atoms with Gasteiger partial charge in [-0.1, -0.05) is 17.7 Å². The molecule has 1 aromatic carbocycles. The predicted molar refractivity (Wildman–Crippen MR) is 77.7 cm³/mol. The lowest BCUT2D eigenvalue weighted by atomic mass is 10.2. The fourth-order valence-electron chi connectivity index (χ4n) is 1.66. The number of halogens is 1. The van der Waals surface area contributed by atoms with Gasteiger partial charge >= 0.3 is 0 Å². The maximum Gasteiger partial charge on any atom is 0.240 e. The van der Waals surface area contributed by atoms with Crippen molar-refractivity contribution in [1.82, 2.24) is 5.32 Å². The number of aryl methyl sites for hydroxylation is 1. The minimum atomic E-state index is -0.608. The molecule has 1 amide bonds. The first-order valence-electron chi connectivity index (χ1n) is 6.30. The van der Waals surface area contributed by atoms with Crippen molar-refractivity contribution in [2.75, 3.05) is 6.54 Å². The lowest BCUT2D eigenvalue weighted by Crippen LogP contribution is -2.45. The van der Waals surface area contributed by atoms with Gasteiger partial charge in [0.25, 0.3) is 0 Å². The van der Waals surface area contributed by atoms with E-state index in [2.05, 4.69) is 5.32 Å². The topological polar surface area (TPSA) is 64.3 Å². The van der Waals surface area contributed by atoms with E-state index in [1.807, 2.05) is 38.1 Å². The van der Waals surface area contributed by atoms with Crippen molar-refractivity contribution in [2.24, 2.45) is 5.73 Å². The van der Waals surface area contributed by atoms with E-state index in [9.17, 15) is 4.79 Å². The molecule has 1 aliphatic carbocycles. The summed E-state index contributed by atoms with van der Waals surface area (Å²) in [5.74, 6) is 0.748. The number of benzene rings is 1. The number of hydrogen-bond donors (Lipinski definition) is 2. The van der Waals surface area contributed by atoms with Crippen LogP contribution in [0.4, 0.5) is 0 Å². The number of hydrogen-bond acceptors (Lipinski definition) is 3. The van der Waals surface area contributed by atoms with E-state index in [0.717, 1.165) is 18.6 Å². The average Bonchev–Trinajstić information content (AvgIpc) is 3.09. The van der Waals surface area contributed by atoms with Crippen LogP contribution in [-0.4, -0.2) is 24.1 Å². The molecule has 0 bridgehead atoms. The van der Waals surface area contributed by atoms with Crippen LogP contribution in [0.1, 0.15) is 25.3 Å². The molecule has 2 rings (SSSR count). The largest absolute Gasteiger partial charge is 0.489 e. The van der Waals surface area contributed by atoms with Gasteiger partial charge in [0.1, 0.15) is 11.9 Å². The molecule has 3 N–H and O–H groups in total. The van der Waals surface area contributed by atoms with E-state index < -0.39 is 5.54 Å². The summed E-state index contributed by atoms with van der Waals surface area (Å²) in [6.07, 6.45) is 1.50. The quantitative estimate of drug-likeness (QED) is 0.866. The van der Waals surface area contributed by atoms with E-state index in [1.54, 1.807) is 0 Å². The zero-order valence-corrected chi connectivity index (χ0v) is 12.1. The fourth-order valence-corrected chi connectivity index (χ4v) is 1.66. The summed E-state index contributed by atoms with van der Waals surface area (Å²) in [7, 11) is 0. The molecule has 0 heterocycles. The molecule has 1 aliphatic rings. The Balaban J connectivity index is 0.00000180. The van der Waals surface area contributed by atoms with Gasteiger partial charge in [-0.3, -0.25) is 4.79 Å². The van der Waals surface area contributed by atoms with E-state index in [-0.39, 0.29) is 24.4 Å². The Bertz CT molecular complexity index is 430.